The maximum absolute atomic E-state index is 5.75. The molecule has 0 unspecified atom stereocenters. The third-order valence-corrected chi connectivity index (χ3v) is 2.46. The molecule has 0 saturated heterocycles. The third kappa shape index (κ3) is 1.45. The summed E-state index contributed by atoms with van der Waals surface area (Å²) in [6.45, 7) is 0.465. The maximum atomic E-state index is 5.75. The Morgan fingerprint density at radius 3 is 3.07 bits per heavy atom. The molecule has 2 heterocycles. The molecule has 1 aliphatic rings. The van der Waals surface area contributed by atoms with Gasteiger partial charge in [-0.3, -0.25) is 0 Å². The summed E-state index contributed by atoms with van der Waals surface area (Å²) in [7, 11) is 0. The van der Waals surface area contributed by atoms with E-state index in [1.54, 1.807) is 4.68 Å². The molecule has 0 radical (unpaired) electrons. The zero-order chi connectivity index (χ0) is 10.3. The van der Waals surface area contributed by atoms with Gasteiger partial charge in [-0.15, -0.1) is 5.10 Å². The summed E-state index contributed by atoms with van der Waals surface area (Å²) in [5, 5.41) is 11.6. The van der Waals surface area contributed by atoms with Gasteiger partial charge in [0.25, 0.3) is 0 Å². The van der Waals surface area contributed by atoms with Crippen LogP contribution in [-0.2, 0) is 6.54 Å². The predicted molar refractivity (Wildman–Crippen MR) is 49.8 cm³/mol. The van der Waals surface area contributed by atoms with Crippen LogP contribution in [0.4, 0.5) is 5.82 Å². The van der Waals surface area contributed by atoms with Gasteiger partial charge in [-0.2, -0.15) is 4.98 Å². The average molecular weight is 206 g/mol. The van der Waals surface area contributed by atoms with Crippen LogP contribution in [0.5, 0.6) is 0 Å². The van der Waals surface area contributed by atoms with Gasteiger partial charge in [0.05, 0.1) is 5.69 Å². The quantitative estimate of drug-likeness (QED) is 0.768. The van der Waals surface area contributed by atoms with E-state index in [2.05, 4.69) is 25.0 Å². The van der Waals surface area contributed by atoms with Crippen LogP contribution < -0.4 is 5.73 Å². The summed E-state index contributed by atoms with van der Waals surface area (Å²) in [5.41, 5.74) is 6.75. The van der Waals surface area contributed by atoms with Crippen LogP contribution in [0.1, 0.15) is 30.3 Å². The normalized spacial score (nSPS) is 15.7. The van der Waals surface area contributed by atoms with E-state index in [-0.39, 0.29) is 0 Å². The molecule has 2 aromatic heterocycles. The van der Waals surface area contributed by atoms with Gasteiger partial charge >= 0.3 is 0 Å². The summed E-state index contributed by atoms with van der Waals surface area (Å²) >= 11 is 0. The van der Waals surface area contributed by atoms with Crippen molar-refractivity contribution in [2.24, 2.45) is 0 Å². The van der Waals surface area contributed by atoms with Crippen molar-refractivity contribution in [1.29, 1.82) is 0 Å². The second kappa shape index (κ2) is 3.04. The van der Waals surface area contributed by atoms with Gasteiger partial charge < -0.3 is 10.3 Å². The molecule has 1 saturated carbocycles. The Labute approximate surface area is 85.3 Å². The Morgan fingerprint density at radius 1 is 1.53 bits per heavy atom. The summed E-state index contributed by atoms with van der Waals surface area (Å²) < 4.78 is 6.40. The number of rotatable bonds is 3. The second-order valence-corrected chi connectivity index (χ2v) is 3.64. The number of aromatic nitrogens is 5. The minimum atomic E-state index is 0.465. The topological polar surface area (TPSA) is 95.7 Å². The van der Waals surface area contributed by atoms with Gasteiger partial charge in [0.15, 0.2) is 11.6 Å². The molecule has 0 bridgehead atoms. The number of nitrogen functional groups attached to an aromatic ring is 1. The number of hydrogen-bond donors (Lipinski definition) is 1. The molecule has 2 aromatic rings. The molecule has 7 heteroatoms. The van der Waals surface area contributed by atoms with E-state index in [0.717, 1.165) is 18.5 Å². The Morgan fingerprint density at radius 2 is 2.40 bits per heavy atom. The first-order valence-electron chi connectivity index (χ1n) is 4.78. The minimum absolute atomic E-state index is 0.465. The molecular formula is C8H10N6O. The van der Waals surface area contributed by atoms with Gasteiger partial charge in [0.2, 0.25) is 6.39 Å². The summed E-state index contributed by atoms with van der Waals surface area (Å²) in [5.74, 6) is 1.61. The largest absolute Gasteiger partial charge is 0.381 e. The van der Waals surface area contributed by atoms with E-state index in [1.807, 2.05) is 0 Å². The van der Waals surface area contributed by atoms with E-state index in [1.165, 1.54) is 6.39 Å². The lowest BCUT2D eigenvalue weighted by Gasteiger charge is -2.01. The molecule has 2 N–H and O–H groups in total. The van der Waals surface area contributed by atoms with Crippen LogP contribution in [-0.4, -0.2) is 25.1 Å². The predicted octanol–water partition coefficient (Wildman–Crippen LogP) is 0.169. The minimum Gasteiger partial charge on any atom is -0.381 e. The zero-order valence-corrected chi connectivity index (χ0v) is 8.00. The van der Waals surface area contributed by atoms with Gasteiger partial charge in [-0.1, -0.05) is 10.4 Å². The number of hydrogen-bond acceptors (Lipinski definition) is 6. The van der Waals surface area contributed by atoms with E-state index in [4.69, 9.17) is 5.73 Å². The number of anilines is 1. The molecule has 0 atom stereocenters. The van der Waals surface area contributed by atoms with Crippen molar-refractivity contribution in [1.82, 2.24) is 25.1 Å². The van der Waals surface area contributed by atoms with Crippen LogP contribution in [0.3, 0.4) is 0 Å². The molecule has 0 spiro atoms. The summed E-state index contributed by atoms with van der Waals surface area (Å²) in [6, 6.07) is 0. The fourth-order valence-electron chi connectivity index (χ4n) is 1.62. The molecular weight excluding hydrogens is 196 g/mol. The Bertz CT molecular complexity index is 457. The molecule has 0 aromatic carbocycles. The average Bonchev–Trinajstić information content (AvgIpc) is 2.80. The third-order valence-electron chi connectivity index (χ3n) is 2.46. The molecule has 1 fully saturated rings. The van der Waals surface area contributed by atoms with Crippen LogP contribution in [0, 0.1) is 0 Å². The Hall–Kier alpha value is -1.92. The molecule has 78 valence electrons. The van der Waals surface area contributed by atoms with Crippen molar-refractivity contribution in [3.05, 3.63) is 17.9 Å². The Kier molecular flexibility index (Phi) is 1.70. The van der Waals surface area contributed by atoms with Crippen LogP contribution >= 0.6 is 0 Å². The first-order valence-corrected chi connectivity index (χ1v) is 4.78. The highest BCUT2D eigenvalue weighted by atomic mass is 16.5. The zero-order valence-electron chi connectivity index (χ0n) is 8.00. The lowest BCUT2D eigenvalue weighted by Crippen LogP contribution is -2.07. The van der Waals surface area contributed by atoms with Crippen LogP contribution in [0.2, 0.25) is 0 Å². The van der Waals surface area contributed by atoms with Gasteiger partial charge in [-0.05, 0) is 12.8 Å². The maximum Gasteiger partial charge on any atom is 0.213 e. The van der Waals surface area contributed by atoms with Gasteiger partial charge in [0.1, 0.15) is 6.54 Å². The SMILES string of the molecule is Nc1nnn(Cc2ncon2)c1C1CC1. The fraction of sp³-hybridized carbons (Fsp3) is 0.500. The molecule has 0 aliphatic heterocycles. The van der Waals surface area contributed by atoms with Crippen molar-refractivity contribution >= 4 is 5.82 Å². The van der Waals surface area contributed by atoms with Gasteiger partial charge in [-0.25, -0.2) is 4.68 Å². The molecule has 3 rings (SSSR count). The monoisotopic (exact) mass is 206 g/mol. The molecule has 7 nitrogen and oxygen atoms in total. The van der Waals surface area contributed by atoms with E-state index in [0.29, 0.717) is 24.1 Å². The highest BCUT2D eigenvalue weighted by molar-refractivity contribution is 5.38. The molecule has 1 aliphatic carbocycles. The number of nitrogens with zero attached hydrogens (tertiary/aromatic N) is 5. The standard InChI is InChI=1S/C8H10N6O/c9-8-7(5-1-2-5)14(13-11-8)3-6-10-4-15-12-6/h4-5H,1-3,9H2. The smallest absolute Gasteiger partial charge is 0.213 e. The van der Waals surface area contributed by atoms with E-state index in [9.17, 15) is 0 Å². The lowest BCUT2D eigenvalue weighted by atomic mass is 10.3. The van der Waals surface area contributed by atoms with Crippen molar-refractivity contribution in [2.45, 2.75) is 25.3 Å². The highest BCUT2D eigenvalue weighted by Crippen LogP contribution is 2.41. The van der Waals surface area contributed by atoms with Crippen LogP contribution in [0.25, 0.3) is 0 Å². The second-order valence-electron chi connectivity index (χ2n) is 3.64. The summed E-state index contributed by atoms with van der Waals surface area (Å²) in [4.78, 5) is 3.93. The first-order chi connectivity index (χ1) is 7.34. The lowest BCUT2D eigenvalue weighted by molar-refractivity contribution is 0.405. The van der Waals surface area contributed by atoms with Crippen molar-refractivity contribution in [2.75, 3.05) is 5.73 Å². The molecule has 0 amide bonds. The van der Waals surface area contributed by atoms with Crippen molar-refractivity contribution in [3.8, 4) is 0 Å². The Balaban J connectivity index is 1.91. The number of nitrogens with two attached hydrogens (primary N) is 1. The van der Waals surface area contributed by atoms with E-state index >= 15 is 0 Å². The van der Waals surface area contributed by atoms with Crippen molar-refractivity contribution in [3.63, 3.8) is 0 Å². The fourth-order valence-corrected chi connectivity index (χ4v) is 1.62. The highest BCUT2D eigenvalue weighted by Gasteiger charge is 2.30. The van der Waals surface area contributed by atoms with Crippen molar-refractivity contribution < 1.29 is 4.52 Å². The molecule has 15 heavy (non-hydrogen) atoms. The van der Waals surface area contributed by atoms with Crippen LogP contribution in [0.15, 0.2) is 10.9 Å². The van der Waals surface area contributed by atoms with Gasteiger partial charge in [0, 0.05) is 5.92 Å². The summed E-state index contributed by atoms with van der Waals surface area (Å²) in [6.07, 6.45) is 3.61. The first kappa shape index (κ1) is 8.39. The van der Waals surface area contributed by atoms with E-state index < -0.39 is 0 Å².